The van der Waals surface area contributed by atoms with Gasteiger partial charge < -0.3 is 14.3 Å². The fourth-order valence-electron chi connectivity index (χ4n) is 3.15. The molecule has 1 fully saturated rings. The van der Waals surface area contributed by atoms with Gasteiger partial charge in [-0.25, -0.2) is 0 Å². The highest BCUT2D eigenvalue weighted by Crippen LogP contribution is 2.26. The normalized spacial score (nSPS) is 21.9. The molecule has 124 valence electrons. The molecule has 0 spiro atoms. The lowest BCUT2D eigenvalue weighted by Gasteiger charge is -2.22. The molecule has 0 aromatic carbocycles. The lowest BCUT2D eigenvalue weighted by molar-refractivity contribution is -0.119. The van der Waals surface area contributed by atoms with Crippen molar-refractivity contribution in [3.05, 3.63) is 24.3 Å². The Morgan fingerprint density at radius 1 is 1.48 bits per heavy atom. The van der Waals surface area contributed by atoms with E-state index in [1.807, 2.05) is 0 Å². The summed E-state index contributed by atoms with van der Waals surface area (Å²) >= 11 is 0. The summed E-state index contributed by atoms with van der Waals surface area (Å²) in [6.07, 6.45) is 1.58. The number of rotatable bonds is 5. The van der Waals surface area contributed by atoms with E-state index in [1.165, 1.54) is 0 Å². The van der Waals surface area contributed by atoms with Gasteiger partial charge in [-0.2, -0.15) is 4.98 Å². The molecule has 0 unspecified atom stereocenters. The van der Waals surface area contributed by atoms with Crippen molar-refractivity contribution in [2.45, 2.75) is 33.4 Å². The van der Waals surface area contributed by atoms with Crippen molar-refractivity contribution in [3.8, 4) is 11.6 Å². The average molecular weight is 318 g/mol. The topological polar surface area (TPSA) is 84.4 Å². The summed E-state index contributed by atoms with van der Waals surface area (Å²) in [4.78, 5) is 18.0. The smallest absolute Gasteiger partial charge is 0.241 e. The molecule has 2 aromatic heterocycles. The maximum Gasteiger partial charge on any atom is 0.241 e. The van der Waals surface area contributed by atoms with E-state index in [-0.39, 0.29) is 11.9 Å². The summed E-state index contributed by atoms with van der Waals surface area (Å²) in [5, 5.41) is 7.00. The Bertz CT molecular complexity index is 650. The van der Waals surface area contributed by atoms with Crippen LogP contribution in [0.25, 0.3) is 11.6 Å². The molecule has 1 aliphatic heterocycles. The third-order valence-corrected chi connectivity index (χ3v) is 4.25. The average Bonchev–Trinajstić information content (AvgIpc) is 3.18. The minimum atomic E-state index is 0.0143. The maximum atomic E-state index is 11.4. The van der Waals surface area contributed by atoms with Crippen molar-refractivity contribution in [1.29, 1.82) is 0 Å². The van der Waals surface area contributed by atoms with Crippen LogP contribution in [0.15, 0.2) is 27.3 Å². The largest absolute Gasteiger partial charge is 0.461 e. The molecule has 23 heavy (non-hydrogen) atoms. The van der Waals surface area contributed by atoms with Gasteiger partial charge in [-0.05, 0) is 24.0 Å². The van der Waals surface area contributed by atoms with Crippen LogP contribution in [0.4, 0.5) is 0 Å². The number of hydrogen-bond donors (Lipinski definition) is 1. The lowest BCUT2D eigenvalue weighted by Crippen LogP contribution is -2.40. The second-order valence-electron chi connectivity index (χ2n) is 6.40. The number of carbonyl (C=O) groups excluding carboxylic acids is 1. The number of amides is 1. The van der Waals surface area contributed by atoms with Crippen molar-refractivity contribution < 1.29 is 13.7 Å². The Morgan fingerprint density at radius 3 is 2.96 bits per heavy atom. The molecule has 7 nitrogen and oxygen atoms in total. The molecule has 0 bridgehead atoms. The fourth-order valence-corrected chi connectivity index (χ4v) is 3.15. The molecule has 0 aliphatic carbocycles. The van der Waals surface area contributed by atoms with Crippen LogP contribution < -0.4 is 5.32 Å². The first-order chi connectivity index (χ1) is 11.0. The predicted molar refractivity (Wildman–Crippen MR) is 83.2 cm³/mol. The monoisotopic (exact) mass is 318 g/mol. The predicted octanol–water partition coefficient (Wildman–Crippen LogP) is 1.92. The molecule has 2 aromatic rings. The van der Waals surface area contributed by atoms with E-state index < -0.39 is 0 Å². The Labute approximate surface area is 135 Å². The zero-order valence-electron chi connectivity index (χ0n) is 13.7. The van der Waals surface area contributed by atoms with Crippen molar-refractivity contribution >= 4 is 5.91 Å². The van der Waals surface area contributed by atoms with E-state index in [2.05, 4.69) is 34.2 Å². The van der Waals surface area contributed by atoms with Gasteiger partial charge in [0, 0.05) is 26.1 Å². The lowest BCUT2D eigenvalue weighted by atomic mass is 9.91. The minimum Gasteiger partial charge on any atom is -0.461 e. The highest BCUT2D eigenvalue weighted by Gasteiger charge is 2.35. The van der Waals surface area contributed by atoms with Crippen LogP contribution in [0.1, 0.15) is 26.7 Å². The molecule has 3 heterocycles. The summed E-state index contributed by atoms with van der Waals surface area (Å²) in [6, 6.07) is 3.75. The van der Waals surface area contributed by atoms with E-state index in [4.69, 9.17) is 8.94 Å². The number of hydrogen-bond acceptors (Lipinski definition) is 6. The van der Waals surface area contributed by atoms with Gasteiger partial charge in [-0.15, -0.1) is 0 Å². The Hall–Kier alpha value is -2.15. The third-order valence-electron chi connectivity index (χ3n) is 4.25. The molecule has 2 atom stereocenters. The number of furan rings is 1. The highest BCUT2D eigenvalue weighted by atomic mass is 16.5. The van der Waals surface area contributed by atoms with Gasteiger partial charge in [0.25, 0.3) is 0 Å². The summed E-state index contributed by atoms with van der Waals surface area (Å²) in [6.45, 7) is 8.21. The van der Waals surface area contributed by atoms with Crippen LogP contribution in [-0.4, -0.2) is 40.1 Å². The quantitative estimate of drug-likeness (QED) is 0.906. The van der Waals surface area contributed by atoms with Gasteiger partial charge in [0.2, 0.25) is 17.6 Å². The SMILES string of the molecule is CC(=O)N[C@@H]1CN(Cc2nc(-c3ccco3)no2)C[C@H]1C(C)C. The first-order valence-electron chi connectivity index (χ1n) is 7.89. The van der Waals surface area contributed by atoms with Crippen molar-refractivity contribution in [2.75, 3.05) is 13.1 Å². The molecular formula is C16H22N4O3. The molecule has 3 rings (SSSR count). The van der Waals surface area contributed by atoms with Crippen LogP contribution in [0.3, 0.4) is 0 Å². The Kier molecular flexibility index (Phi) is 4.47. The molecule has 1 N–H and O–H groups in total. The van der Waals surface area contributed by atoms with Gasteiger partial charge >= 0.3 is 0 Å². The van der Waals surface area contributed by atoms with Gasteiger partial charge in [-0.3, -0.25) is 9.69 Å². The van der Waals surface area contributed by atoms with Crippen LogP contribution >= 0.6 is 0 Å². The third kappa shape index (κ3) is 3.61. The van der Waals surface area contributed by atoms with Gasteiger partial charge in [0.05, 0.1) is 12.8 Å². The number of aromatic nitrogens is 2. The number of nitrogens with zero attached hydrogens (tertiary/aromatic N) is 3. The molecule has 1 amide bonds. The molecule has 1 saturated heterocycles. The van der Waals surface area contributed by atoms with E-state index in [1.54, 1.807) is 25.3 Å². The van der Waals surface area contributed by atoms with Gasteiger partial charge in [0.15, 0.2) is 5.76 Å². The van der Waals surface area contributed by atoms with Crippen molar-refractivity contribution in [3.63, 3.8) is 0 Å². The first kappa shape index (κ1) is 15.7. The van der Waals surface area contributed by atoms with Crippen molar-refractivity contribution in [1.82, 2.24) is 20.4 Å². The van der Waals surface area contributed by atoms with Gasteiger partial charge in [-0.1, -0.05) is 19.0 Å². The number of likely N-dealkylation sites (tertiary alicyclic amines) is 1. The van der Waals surface area contributed by atoms with Crippen LogP contribution in [0.2, 0.25) is 0 Å². The van der Waals surface area contributed by atoms with Crippen molar-refractivity contribution in [2.24, 2.45) is 11.8 Å². The Morgan fingerprint density at radius 2 is 2.30 bits per heavy atom. The molecule has 0 radical (unpaired) electrons. The van der Waals surface area contributed by atoms with E-state index in [9.17, 15) is 4.79 Å². The molecule has 0 saturated carbocycles. The van der Waals surface area contributed by atoms with E-state index in [0.717, 1.165) is 13.1 Å². The molecule has 1 aliphatic rings. The van der Waals surface area contributed by atoms with Crippen LogP contribution in [0.5, 0.6) is 0 Å². The van der Waals surface area contributed by atoms with Crippen LogP contribution in [-0.2, 0) is 11.3 Å². The number of carbonyl (C=O) groups is 1. The zero-order chi connectivity index (χ0) is 16.4. The molecular weight excluding hydrogens is 296 g/mol. The standard InChI is InChI=1S/C16H22N4O3/c1-10(2)12-7-20(8-13(12)17-11(3)21)9-15-18-16(19-23-15)14-5-4-6-22-14/h4-6,10,12-13H,7-9H2,1-3H3,(H,17,21)/t12-,13+/m0/s1. The second kappa shape index (κ2) is 6.54. The zero-order valence-corrected chi connectivity index (χ0v) is 13.7. The summed E-state index contributed by atoms with van der Waals surface area (Å²) in [5.74, 6) is 2.55. The molecule has 7 heteroatoms. The summed E-state index contributed by atoms with van der Waals surface area (Å²) < 4.78 is 10.6. The first-order valence-corrected chi connectivity index (χ1v) is 7.89. The summed E-state index contributed by atoms with van der Waals surface area (Å²) in [5.41, 5.74) is 0. The second-order valence-corrected chi connectivity index (χ2v) is 6.40. The fraction of sp³-hybridized carbons (Fsp3) is 0.562. The van der Waals surface area contributed by atoms with E-state index >= 15 is 0 Å². The minimum absolute atomic E-state index is 0.0143. The van der Waals surface area contributed by atoms with E-state index in [0.29, 0.717) is 35.9 Å². The maximum absolute atomic E-state index is 11.4. The highest BCUT2D eigenvalue weighted by molar-refractivity contribution is 5.73. The summed E-state index contributed by atoms with van der Waals surface area (Å²) in [7, 11) is 0. The number of nitrogens with one attached hydrogen (secondary N) is 1. The van der Waals surface area contributed by atoms with Crippen LogP contribution in [0, 0.1) is 11.8 Å². The van der Waals surface area contributed by atoms with Gasteiger partial charge in [0.1, 0.15) is 0 Å². The Balaban J connectivity index is 1.65.